The van der Waals surface area contributed by atoms with Crippen molar-refractivity contribution in [3.8, 4) is 62.3 Å². The third kappa shape index (κ3) is 6.94. The molecule has 0 aliphatic carbocycles. The molecule has 0 aliphatic rings. The van der Waals surface area contributed by atoms with Crippen LogP contribution in [0.15, 0.2) is 261 Å². The Labute approximate surface area is 409 Å². The van der Waals surface area contributed by atoms with Crippen molar-refractivity contribution in [3.05, 3.63) is 261 Å². The molecule has 0 unspecified atom stereocenters. The molecule has 0 spiro atoms. The molecule has 0 atom stereocenters. The number of hydrogen-bond donors (Lipinski definition) is 0. The fourth-order valence-corrected chi connectivity index (χ4v) is 10.7. The Kier molecular flexibility index (Phi) is 9.46. The minimum Gasteiger partial charge on any atom is -0.457 e. The second-order valence-electron chi connectivity index (χ2n) is 18.1. The number of rotatable bonds is 9. The van der Waals surface area contributed by atoms with Gasteiger partial charge in [0.25, 0.3) is 0 Å². The summed E-state index contributed by atoms with van der Waals surface area (Å²) in [7, 11) is 0. The molecule has 0 saturated heterocycles. The van der Waals surface area contributed by atoms with Gasteiger partial charge in [-0.1, -0.05) is 115 Å². The van der Waals surface area contributed by atoms with Crippen molar-refractivity contribution in [2.45, 2.75) is 0 Å². The zero-order valence-electron chi connectivity index (χ0n) is 38.5. The van der Waals surface area contributed by atoms with Gasteiger partial charge in [-0.05, 0) is 168 Å². The number of fused-ring (bicyclic) bond motifs is 9. The molecule has 0 N–H and O–H groups in total. The van der Waals surface area contributed by atoms with Gasteiger partial charge in [-0.25, -0.2) is 0 Å². The van der Waals surface area contributed by atoms with Crippen LogP contribution in [0.5, 0.6) is 23.0 Å². The first kappa shape index (κ1) is 40.5. The molecule has 5 heteroatoms. The number of hydrogen-bond acceptors (Lipinski definition) is 2. The van der Waals surface area contributed by atoms with Crippen LogP contribution in [-0.4, -0.2) is 13.7 Å². The van der Waals surface area contributed by atoms with Gasteiger partial charge < -0.3 is 23.2 Å². The van der Waals surface area contributed by atoms with Crippen molar-refractivity contribution in [1.82, 2.24) is 13.7 Å². The summed E-state index contributed by atoms with van der Waals surface area (Å²) in [6.07, 6.45) is 0. The van der Waals surface area contributed by atoms with E-state index in [2.05, 4.69) is 190 Å². The molecular weight excluding hydrogens is 867 g/mol. The van der Waals surface area contributed by atoms with Gasteiger partial charge in [0.05, 0.1) is 33.1 Å². The zero-order chi connectivity index (χ0) is 46.8. The summed E-state index contributed by atoms with van der Waals surface area (Å²) >= 11 is 0. The fourth-order valence-electron chi connectivity index (χ4n) is 10.7. The topological polar surface area (TPSA) is 33.2 Å². The Morgan fingerprint density at radius 3 is 0.831 bits per heavy atom. The van der Waals surface area contributed by atoms with Crippen LogP contribution in [0.3, 0.4) is 0 Å². The summed E-state index contributed by atoms with van der Waals surface area (Å²) in [5, 5.41) is 7.27. The van der Waals surface area contributed by atoms with Crippen LogP contribution >= 0.6 is 0 Å². The van der Waals surface area contributed by atoms with Crippen LogP contribution in [-0.2, 0) is 0 Å². The molecule has 0 bridgehead atoms. The summed E-state index contributed by atoms with van der Waals surface area (Å²) < 4.78 is 19.4. The molecule has 5 nitrogen and oxygen atoms in total. The zero-order valence-corrected chi connectivity index (χ0v) is 38.5. The second kappa shape index (κ2) is 16.6. The van der Waals surface area contributed by atoms with Crippen LogP contribution in [0.1, 0.15) is 0 Å². The molecule has 0 amide bonds. The average molecular weight is 910 g/mol. The highest BCUT2D eigenvalue weighted by atomic mass is 16.5. The van der Waals surface area contributed by atoms with Gasteiger partial charge in [0, 0.05) is 49.4 Å². The van der Waals surface area contributed by atoms with E-state index in [1.807, 2.05) is 84.9 Å². The third-order valence-electron chi connectivity index (χ3n) is 13.9. The first-order valence-electron chi connectivity index (χ1n) is 24.1. The van der Waals surface area contributed by atoms with Gasteiger partial charge in [0.1, 0.15) is 23.0 Å². The smallest absolute Gasteiger partial charge is 0.127 e. The maximum absolute atomic E-state index is 6.15. The highest BCUT2D eigenvalue weighted by Gasteiger charge is 2.19. The molecule has 71 heavy (non-hydrogen) atoms. The predicted octanol–water partition coefficient (Wildman–Crippen LogP) is 17.9. The molecule has 14 rings (SSSR count). The van der Waals surface area contributed by atoms with E-state index in [0.29, 0.717) is 0 Å². The SMILES string of the molecule is c1ccc(Oc2ccc(-n3c4ccccc4c4cc(-c5ccc6c(c5)c5cc(-c7ccc8c(c7)c7ccccc7n8-c7ccc(Oc8ccccc8)cc7)ccc5n6-c5ccccc5)ccc43)cc2)cc1. The van der Waals surface area contributed by atoms with Gasteiger partial charge in [-0.3, -0.25) is 0 Å². The Morgan fingerprint density at radius 2 is 0.465 bits per heavy atom. The van der Waals surface area contributed by atoms with Crippen molar-refractivity contribution >= 4 is 65.4 Å². The van der Waals surface area contributed by atoms with E-state index in [9.17, 15) is 0 Å². The van der Waals surface area contributed by atoms with Gasteiger partial charge >= 0.3 is 0 Å². The Hall–Kier alpha value is -9.58. The van der Waals surface area contributed by atoms with Crippen molar-refractivity contribution in [1.29, 1.82) is 0 Å². The van der Waals surface area contributed by atoms with Gasteiger partial charge in [-0.15, -0.1) is 0 Å². The Balaban J connectivity index is 0.866. The number of benzene rings is 11. The minimum atomic E-state index is 0.803. The molecule has 334 valence electrons. The maximum atomic E-state index is 6.15. The summed E-state index contributed by atoms with van der Waals surface area (Å²) in [5.41, 5.74) is 15.0. The molecule has 0 radical (unpaired) electrons. The lowest BCUT2D eigenvalue weighted by molar-refractivity contribution is 0.482. The minimum absolute atomic E-state index is 0.803. The quantitative estimate of drug-likeness (QED) is 0.145. The molecule has 3 aromatic heterocycles. The lowest BCUT2D eigenvalue weighted by atomic mass is 9.98. The van der Waals surface area contributed by atoms with Gasteiger partial charge in [0.15, 0.2) is 0 Å². The maximum Gasteiger partial charge on any atom is 0.127 e. The largest absolute Gasteiger partial charge is 0.457 e. The van der Waals surface area contributed by atoms with Crippen molar-refractivity contribution in [2.24, 2.45) is 0 Å². The third-order valence-corrected chi connectivity index (χ3v) is 13.9. The monoisotopic (exact) mass is 909 g/mol. The number of para-hydroxylation sites is 5. The molecule has 3 heterocycles. The number of ether oxygens (including phenoxy) is 2. The van der Waals surface area contributed by atoms with Crippen LogP contribution < -0.4 is 9.47 Å². The number of nitrogens with zero attached hydrogens (tertiary/aromatic N) is 3. The van der Waals surface area contributed by atoms with Crippen molar-refractivity contribution in [3.63, 3.8) is 0 Å². The molecule has 11 aromatic carbocycles. The van der Waals surface area contributed by atoms with Gasteiger partial charge in [0.2, 0.25) is 0 Å². The summed E-state index contributed by atoms with van der Waals surface area (Å²) in [6, 6.07) is 92.4. The molecular formula is C66H43N3O2. The molecule has 0 fully saturated rings. The highest BCUT2D eigenvalue weighted by Crippen LogP contribution is 2.41. The Bertz CT molecular complexity index is 4040. The summed E-state index contributed by atoms with van der Waals surface area (Å²) in [5.74, 6) is 3.25. The lowest BCUT2D eigenvalue weighted by Crippen LogP contribution is -1.94. The van der Waals surface area contributed by atoms with Crippen LogP contribution in [0.25, 0.3) is 105 Å². The van der Waals surface area contributed by atoms with Crippen LogP contribution in [0, 0.1) is 0 Å². The van der Waals surface area contributed by atoms with Crippen LogP contribution in [0.2, 0.25) is 0 Å². The fraction of sp³-hybridized carbons (Fsp3) is 0. The average Bonchev–Trinajstić information content (AvgIpc) is 4.07. The highest BCUT2D eigenvalue weighted by molar-refractivity contribution is 6.14. The first-order valence-corrected chi connectivity index (χ1v) is 24.1. The standard InChI is InChI=1S/C66H43N3O2/c1-4-14-48(15-5-1)67-65-38-26-46(44-24-36-63-57(40-44)55-20-10-12-22-61(55)68(63)49-28-32-53(33-29-49)70-51-16-6-2-7-17-51)42-59(65)60-43-47(27-39-66(60)67)45-25-37-64-58(41-45)56-21-11-13-23-62(56)69(64)50-30-34-54(35-31-50)71-52-18-8-3-9-19-52/h1-43H. The van der Waals surface area contributed by atoms with E-state index in [1.165, 1.54) is 65.6 Å². The van der Waals surface area contributed by atoms with E-state index < -0.39 is 0 Å². The summed E-state index contributed by atoms with van der Waals surface area (Å²) in [4.78, 5) is 0. The second-order valence-corrected chi connectivity index (χ2v) is 18.1. The lowest BCUT2D eigenvalue weighted by Gasteiger charge is -2.11. The molecule has 0 saturated carbocycles. The van der Waals surface area contributed by atoms with Crippen LogP contribution in [0.4, 0.5) is 0 Å². The van der Waals surface area contributed by atoms with E-state index in [1.54, 1.807) is 0 Å². The van der Waals surface area contributed by atoms with E-state index >= 15 is 0 Å². The predicted molar refractivity (Wildman–Crippen MR) is 293 cm³/mol. The van der Waals surface area contributed by atoms with Crippen molar-refractivity contribution < 1.29 is 9.47 Å². The first-order chi connectivity index (χ1) is 35.2. The Morgan fingerprint density at radius 1 is 0.197 bits per heavy atom. The van der Waals surface area contributed by atoms with E-state index in [4.69, 9.17) is 9.47 Å². The van der Waals surface area contributed by atoms with E-state index in [0.717, 1.165) is 62.1 Å². The summed E-state index contributed by atoms with van der Waals surface area (Å²) in [6.45, 7) is 0. The van der Waals surface area contributed by atoms with Gasteiger partial charge in [-0.2, -0.15) is 0 Å². The normalized spacial score (nSPS) is 11.7. The van der Waals surface area contributed by atoms with E-state index in [-0.39, 0.29) is 0 Å². The molecule has 0 aliphatic heterocycles. The van der Waals surface area contributed by atoms with Crippen molar-refractivity contribution in [2.75, 3.05) is 0 Å². The molecule has 14 aromatic rings. The number of aromatic nitrogens is 3.